The number of aliphatic carboxylic acids is 1. The van der Waals surface area contributed by atoms with Gasteiger partial charge < -0.3 is 10.0 Å². The molecule has 0 spiro atoms. The second-order valence-electron chi connectivity index (χ2n) is 5.67. The second-order valence-corrected chi connectivity index (χ2v) is 8.22. The van der Waals surface area contributed by atoms with Crippen LogP contribution in [0.5, 0.6) is 0 Å². The highest BCUT2D eigenvalue weighted by Crippen LogP contribution is 2.32. The number of hydrogen-bond acceptors (Lipinski definition) is 3. The number of carbonyl (C=O) groups excluding carboxylic acids is 1. The van der Waals surface area contributed by atoms with Gasteiger partial charge in [-0.3, -0.25) is 9.59 Å². The first-order chi connectivity index (χ1) is 9.70. The number of carbonyl (C=O) groups is 2. The lowest BCUT2D eigenvalue weighted by Crippen LogP contribution is -2.40. The lowest BCUT2D eigenvalue weighted by molar-refractivity contribution is -0.155. The summed E-state index contributed by atoms with van der Waals surface area (Å²) in [6.45, 7) is 8.34. The molecule has 0 saturated carbocycles. The zero-order valence-electron chi connectivity index (χ0n) is 12.9. The number of rotatable bonds is 7. The third-order valence-corrected chi connectivity index (χ3v) is 5.60. The number of amides is 1. The van der Waals surface area contributed by atoms with Crippen molar-refractivity contribution in [3.8, 4) is 0 Å². The Bertz CT molecular complexity index is 515. The molecule has 0 bridgehead atoms. The van der Waals surface area contributed by atoms with E-state index in [0.717, 1.165) is 8.66 Å². The molecule has 4 nitrogen and oxygen atoms in total. The van der Waals surface area contributed by atoms with Crippen molar-refractivity contribution in [1.82, 2.24) is 4.90 Å². The van der Waals surface area contributed by atoms with Crippen LogP contribution in [0.1, 0.15) is 39.0 Å². The molecule has 1 aromatic rings. The van der Waals surface area contributed by atoms with Crippen LogP contribution in [-0.2, 0) is 16.1 Å². The molecule has 0 aromatic carbocycles. The summed E-state index contributed by atoms with van der Waals surface area (Å²) in [5.41, 5.74) is -1.03. The SMILES string of the molecule is CCN(Cc1ccc(Br)s1)C(=O)CC(C)(C(=O)O)C(C)C. The van der Waals surface area contributed by atoms with Crippen LogP contribution in [0.4, 0.5) is 0 Å². The fraction of sp³-hybridized carbons (Fsp3) is 0.600. The van der Waals surface area contributed by atoms with E-state index in [0.29, 0.717) is 13.1 Å². The monoisotopic (exact) mass is 375 g/mol. The minimum Gasteiger partial charge on any atom is -0.481 e. The fourth-order valence-electron chi connectivity index (χ4n) is 1.95. The molecule has 1 aromatic heterocycles. The van der Waals surface area contributed by atoms with Crippen molar-refractivity contribution < 1.29 is 14.7 Å². The lowest BCUT2D eigenvalue weighted by atomic mass is 9.76. The molecular weight excluding hydrogens is 354 g/mol. The smallest absolute Gasteiger partial charge is 0.310 e. The van der Waals surface area contributed by atoms with Gasteiger partial charge in [0, 0.05) is 17.8 Å². The number of carboxylic acids is 1. The largest absolute Gasteiger partial charge is 0.481 e. The summed E-state index contributed by atoms with van der Waals surface area (Å²) in [5, 5.41) is 9.42. The van der Waals surface area contributed by atoms with E-state index in [1.165, 1.54) is 0 Å². The molecule has 0 radical (unpaired) electrons. The average molecular weight is 376 g/mol. The Hall–Kier alpha value is -0.880. The van der Waals surface area contributed by atoms with Gasteiger partial charge in [0.25, 0.3) is 0 Å². The van der Waals surface area contributed by atoms with E-state index in [4.69, 9.17) is 0 Å². The maximum atomic E-state index is 12.5. The Morgan fingerprint density at radius 2 is 2.05 bits per heavy atom. The summed E-state index contributed by atoms with van der Waals surface area (Å²) >= 11 is 4.99. The Morgan fingerprint density at radius 1 is 1.43 bits per heavy atom. The minimum atomic E-state index is -1.03. The third-order valence-electron chi connectivity index (χ3n) is 3.99. The first-order valence-corrected chi connectivity index (χ1v) is 8.57. The van der Waals surface area contributed by atoms with Crippen LogP contribution in [-0.4, -0.2) is 28.4 Å². The van der Waals surface area contributed by atoms with Gasteiger partial charge in [0.1, 0.15) is 0 Å². The standard InChI is InChI=1S/C15H22BrNO3S/c1-5-17(9-11-6-7-12(16)21-11)13(18)8-15(4,10(2)3)14(19)20/h6-7,10H,5,8-9H2,1-4H3,(H,19,20). The fourth-order valence-corrected chi connectivity index (χ4v) is 3.45. The van der Waals surface area contributed by atoms with Crippen LogP contribution < -0.4 is 0 Å². The van der Waals surface area contributed by atoms with Crippen LogP contribution in [0.2, 0.25) is 0 Å². The highest BCUT2D eigenvalue weighted by Gasteiger charge is 2.39. The van der Waals surface area contributed by atoms with E-state index in [2.05, 4.69) is 15.9 Å². The Balaban J connectivity index is 2.81. The molecule has 0 aliphatic heterocycles. The number of halogens is 1. The minimum absolute atomic E-state index is 0.0282. The van der Waals surface area contributed by atoms with Crippen LogP contribution in [0, 0.1) is 11.3 Å². The molecule has 118 valence electrons. The van der Waals surface area contributed by atoms with Crippen molar-refractivity contribution in [2.75, 3.05) is 6.54 Å². The summed E-state index contributed by atoms with van der Waals surface area (Å²) < 4.78 is 1.03. The summed E-state index contributed by atoms with van der Waals surface area (Å²) in [4.78, 5) is 26.8. The average Bonchev–Trinajstić information content (AvgIpc) is 2.80. The molecule has 6 heteroatoms. The van der Waals surface area contributed by atoms with Gasteiger partial charge in [0.15, 0.2) is 0 Å². The van der Waals surface area contributed by atoms with Crippen LogP contribution in [0.3, 0.4) is 0 Å². The van der Waals surface area contributed by atoms with E-state index in [1.807, 2.05) is 32.9 Å². The van der Waals surface area contributed by atoms with E-state index >= 15 is 0 Å². The van der Waals surface area contributed by atoms with E-state index in [9.17, 15) is 14.7 Å². The summed E-state index contributed by atoms with van der Waals surface area (Å²) in [6, 6.07) is 3.93. The lowest BCUT2D eigenvalue weighted by Gasteiger charge is -2.31. The molecule has 1 atom stereocenters. The number of carboxylic acid groups (broad SMARTS) is 1. The first-order valence-electron chi connectivity index (χ1n) is 6.96. The molecule has 1 heterocycles. The molecule has 0 aliphatic carbocycles. The number of hydrogen-bond donors (Lipinski definition) is 1. The molecule has 0 fully saturated rings. The number of nitrogens with zero attached hydrogens (tertiary/aromatic N) is 1. The molecular formula is C15H22BrNO3S. The van der Waals surface area contributed by atoms with Crippen LogP contribution in [0.25, 0.3) is 0 Å². The van der Waals surface area contributed by atoms with Crippen molar-refractivity contribution in [3.05, 3.63) is 20.8 Å². The van der Waals surface area contributed by atoms with Gasteiger partial charge in [-0.2, -0.15) is 0 Å². The van der Waals surface area contributed by atoms with Gasteiger partial charge in [0.2, 0.25) is 5.91 Å². The van der Waals surface area contributed by atoms with E-state index in [-0.39, 0.29) is 18.2 Å². The molecule has 0 saturated heterocycles. The van der Waals surface area contributed by atoms with E-state index in [1.54, 1.807) is 23.2 Å². The topological polar surface area (TPSA) is 57.6 Å². The van der Waals surface area contributed by atoms with Crippen molar-refractivity contribution in [2.24, 2.45) is 11.3 Å². The van der Waals surface area contributed by atoms with Gasteiger partial charge in [-0.15, -0.1) is 11.3 Å². The quantitative estimate of drug-likeness (QED) is 0.783. The maximum absolute atomic E-state index is 12.5. The van der Waals surface area contributed by atoms with Gasteiger partial charge in [-0.05, 0) is 47.8 Å². The van der Waals surface area contributed by atoms with Crippen molar-refractivity contribution in [1.29, 1.82) is 0 Å². The first kappa shape index (κ1) is 18.2. The van der Waals surface area contributed by atoms with Crippen molar-refractivity contribution >= 4 is 39.1 Å². The maximum Gasteiger partial charge on any atom is 0.310 e. The number of thiophene rings is 1. The Labute approximate surface area is 138 Å². The van der Waals surface area contributed by atoms with E-state index < -0.39 is 11.4 Å². The highest BCUT2D eigenvalue weighted by atomic mass is 79.9. The van der Waals surface area contributed by atoms with Crippen LogP contribution >= 0.6 is 27.3 Å². The van der Waals surface area contributed by atoms with Gasteiger partial charge in [-0.1, -0.05) is 13.8 Å². The zero-order chi connectivity index (χ0) is 16.2. The summed E-state index contributed by atoms with van der Waals surface area (Å²) in [5.74, 6) is -1.13. The summed E-state index contributed by atoms with van der Waals surface area (Å²) in [7, 11) is 0. The molecule has 1 N–H and O–H groups in total. The third kappa shape index (κ3) is 4.54. The van der Waals surface area contributed by atoms with Crippen molar-refractivity contribution in [3.63, 3.8) is 0 Å². The van der Waals surface area contributed by atoms with Gasteiger partial charge in [0.05, 0.1) is 15.7 Å². The molecule has 21 heavy (non-hydrogen) atoms. The summed E-state index contributed by atoms with van der Waals surface area (Å²) in [6.07, 6.45) is 0.0282. The van der Waals surface area contributed by atoms with Crippen LogP contribution in [0.15, 0.2) is 15.9 Å². The molecule has 0 aliphatic rings. The predicted octanol–water partition coefficient (Wildman–Crippen LogP) is 4.00. The Kier molecular flexibility index (Phi) is 6.41. The van der Waals surface area contributed by atoms with Gasteiger partial charge in [-0.25, -0.2) is 0 Å². The van der Waals surface area contributed by atoms with Crippen molar-refractivity contribution in [2.45, 2.75) is 40.7 Å². The molecule has 1 amide bonds. The highest BCUT2D eigenvalue weighted by molar-refractivity contribution is 9.11. The second kappa shape index (κ2) is 7.40. The predicted molar refractivity (Wildman–Crippen MR) is 88.3 cm³/mol. The molecule has 1 rings (SSSR count). The molecule has 1 unspecified atom stereocenters. The zero-order valence-corrected chi connectivity index (χ0v) is 15.3. The normalized spacial score (nSPS) is 14.0. The van der Waals surface area contributed by atoms with Gasteiger partial charge >= 0.3 is 5.97 Å². The Morgan fingerprint density at radius 3 is 2.43 bits per heavy atom.